The molecule has 0 aromatic carbocycles. The fourth-order valence-corrected chi connectivity index (χ4v) is 1.58. The number of rotatable bonds is 4. The molecule has 3 rings (SSSR count). The Morgan fingerprint density at radius 2 is 2.33 bits per heavy atom. The molecule has 21 heavy (non-hydrogen) atoms. The third-order valence-electron chi connectivity index (χ3n) is 2.53. The molecule has 3 aromatic heterocycles. The predicted molar refractivity (Wildman–Crippen MR) is 67.9 cm³/mol. The van der Waals surface area contributed by atoms with Gasteiger partial charge in [-0.15, -0.1) is 0 Å². The summed E-state index contributed by atoms with van der Waals surface area (Å²) in [4.78, 5) is 33.1. The Balaban J connectivity index is 1.68. The second-order valence-electron chi connectivity index (χ2n) is 3.97. The van der Waals surface area contributed by atoms with E-state index in [-0.39, 0.29) is 29.6 Å². The van der Waals surface area contributed by atoms with Gasteiger partial charge < -0.3 is 14.8 Å². The van der Waals surface area contributed by atoms with E-state index in [1.165, 1.54) is 18.6 Å². The van der Waals surface area contributed by atoms with Crippen molar-refractivity contribution in [3.63, 3.8) is 0 Å². The number of aromatic nitrogens is 6. The number of nitrogens with one attached hydrogen (secondary N) is 3. The normalized spacial score (nSPS) is 10.5. The molecule has 0 aliphatic rings. The summed E-state index contributed by atoms with van der Waals surface area (Å²) in [6, 6.07) is 2.99. The predicted octanol–water partition coefficient (Wildman–Crippen LogP) is -0.527. The first-order valence-electron chi connectivity index (χ1n) is 5.87. The number of hydrogen-bond donors (Lipinski definition) is 3. The van der Waals surface area contributed by atoms with Crippen molar-refractivity contribution in [2.75, 3.05) is 0 Å². The molecule has 1 amide bonds. The summed E-state index contributed by atoms with van der Waals surface area (Å²) in [7, 11) is 0. The van der Waals surface area contributed by atoms with Crippen molar-refractivity contribution in [3.05, 3.63) is 46.7 Å². The number of H-pyrrole nitrogens is 2. The zero-order chi connectivity index (χ0) is 14.7. The molecule has 0 aliphatic heterocycles. The topological polar surface area (TPSA) is 142 Å². The Kier molecular flexibility index (Phi) is 3.25. The standard InChI is InChI=1S/C11H9N7O3/c19-7-3-6(1-2-12-7)9-16-8(21-18-9)4-13-11(20)10-14-5-15-17-10/h1-3,5H,4H2,(H,12,19)(H,13,20)(H,14,15,17). The SMILES string of the molecule is O=C(NCc1nc(-c2cc[nH]c(=O)c2)no1)c1ncn[nH]1. The summed E-state index contributed by atoms with van der Waals surface area (Å²) in [5.41, 5.74) is 0.257. The number of aromatic amines is 2. The fourth-order valence-electron chi connectivity index (χ4n) is 1.58. The molecular weight excluding hydrogens is 278 g/mol. The van der Waals surface area contributed by atoms with Crippen LogP contribution in [0.1, 0.15) is 16.5 Å². The third-order valence-corrected chi connectivity index (χ3v) is 2.53. The maximum Gasteiger partial charge on any atom is 0.289 e. The molecule has 0 spiro atoms. The van der Waals surface area contributed by atoms with Crippen LogP contribution in [0.2, 0.25) is 0 Å². The Bertz CT molecular complexity index is 805. The number of nitrogens with zero attached hydrogens (tertiary/aromatic N) is 4. The molecule has 3 aromatic rings. The maximum absolute atomic E-state index is 11.6. The Morgan fingerprint density at radius 1 is 1.43 bits per heavy atom. The molecule has 0 saturated heterocycles. The van der Waals surface area contributed by atoms with Crippen LogP contribution in [-0.4, -0.2) is 36.2 Å². The van der Waals surface area contributed by atoms with E-state index in [9.17, 15) is 9.59 Å². The quantitative estimate of drug-likeness (QED) is 0.585. The number of amides is 1. The van der Waals surface area contributed by atoms with Crippen LogP contribution in [0, 0.1) is 0 Å². The number of carbonyl (C=O) groups excluding carboxylic acids is 1. The highest BCUT2D eigenvalue weighted by atomic mass is 16.5. The van der Waals surface area contributed by atoms with Crippen LogP contribution in [-0.2, 0) is 6.54 Å². The molecule has 0 atom stereocenters. The van der Waals surface area contributed by atoms with Crippen molar-refractivity contribution in [1.82, 2.24) is 35.6 Å². The van der Waals surface area contributed by atoms with E-state index in [2.05, 4.69) is 35.6 Å². The highest BCUT2D eigenvalue weighted by molar-refractivity contribution is 5.90. The van der Waals surface area contributed by atoms with Gasteiger partial charge in [-0.1, -0.05) is 5.16 Å². The lowest BCUT2D eigenvalue weighted by Crippen LogP contribution is -2.24. The van der Waals surface area contributed by atoms with Crippen LogP contribution in [0.5, 0.6) is 0 Å². The summed E-state index contributed by atoms with van der Waals surface area (Å²) >= 11 is 0. The van der Waals surface area contributed by atoms with Gasteiger partial charge in [0.1, 0.15) is 6.33 Å². The molecule has 3 heterocycles. The highest BCUT2D eigenvalue weighted by Crippen LogP contribution is 2.12. The summed E-state index contributed by atoms with van der Waals surface area (Å²) in [6.45, 7) is 0.0374. The minimum Gasteiger partial charge on any atom is -0.340 e. The highest BCUT2D eigenvalue weighted by Gasteiger charge is 2.12. The zero-order valence-electron chi connectivity index (χ0n) is 10.5. The molecule has 3 N–H and O–H groups in total. The summed E-state index contributed by atoms with van der Waals surface area (Å²) in [5, 5.41) is 12.3. The fraction of sp³-hybridized carbons (Fsp3) is 0.0909. The number of hydrogen-bond acceptors (Lipinski definition) is 7. The second kappa shape index (κ2) is 5.36. The molecule has 10 nitrogen and oxygen atoms in total. The van der Waals surface area contributed by atoms with E-state index in [0.717, 1.165) is 0 Å². The van der Waals surface area contributed by atoms with Crippen LogP contribution in [0.25, 0.3) is 11.4 Å². The van der Waals surface area contributed by atoms with Gasteiger partial charge in [-0.2, -0.15) is 10.1 Å². The lowest BCUT2D eigenvalue weighted by atomic mass is 10.2. The van der Waals surface area contributed by atoms with Gasteiger partial charge in [0.05, 0.1) is 6.54 Å². The molecule has 0 bridgehead atoms. The van der Waals surface area contributed by atoms with Crippen molar-refractivity contribution in [2.45, 2.75) is 6.54 Å². The van der Waals surface area contributed by atoms with Crippen molar-refractivity contribution in [2.24, 2.45) is 0 Å². The van der Waals surface area contributed by atoms with Crippen LogP contribution in [0.3, 0.4) is 0 Å². The van der Waals surface area contributed by atoms with Gasteiger partial charge >= 0.3 is 0 Å². The summed E-state index contributed by atoms with van der Waals surface area (Å²) in [5.74, 6) is 0.121. The molecule has 106 valence electrons. The maximum atomic E-state index is 11.6. The minimum atomic E-state index is -0.441. The zero-order valence-corrected chi connectivity index (χ0v) is 10.5. The van der Waals surface area contributed by atoms with Crippen LogP contribution in [0.15, 0.2) is 34.0 Å². The summed E-state index contributed by atoms with van der Waals surface area (Å²) in [6.07, 6.45) is 2.71. The van der Waals surface area contributed by atoms with Crippen LogP contribution < -0.4 is 10.9 Å². The van der Waals surface area contributed by atoms with Crippen LogP contribution >= 0.6 is 0 Å². The molecule has 10 heteroatoms. The van der Waals surface area contributed by atoms with Gasteiger partial charge in [0.25, 0.3) is 5.91 Å². The van der Waals surface area contributed by atoms with Gasteiger partial charge in [-0.3, -0.25) is 14.7 Å². The lowest BCUT2D eigenvalue weighted by molar-refractivity contribution is 0.0936. The molecule has 0 aliphatic carbocycles. The number of pyridine rings is 1. The van der Waals surface area contributed by atoms with Gasteiger partial charge in [0, 0.05) is 17.8 Å². The Labute approximate surface area is 116 Å². The van der Waals surface area contributed by atoms with Crippen molar-refractivity contribution in [1.29, 1.82) is 0 Å². The number of carbonyl (C=O) groups is 1. The summed E-state index contributed by atoms with van der Waals surface area (Å²) < 4.78 is 4.99. The smallest absolute Gasteiger partial charge is 0.289 e. The molecule has 0 saturated carbocycles. The van der Waals surface area contributed by atoms with Gasteiger partial charge in [0.15, 0.2) is 0 Å². The van der Waals surface area contributed by atoms with E-state index in [0.29, 0.717) is 5.56 Å². The Morgan fingerprint density at radius 3 is 3.10 bits per heavy atom. The molecule has 0 radical (unpaired) electrons. The molecule has 0 unspecified atom stereocenters. The van der Waals surface area contributed by atoms with Gasteiger partial charge in [-0.05, 0) is 6.07 Å². The second-order valence-corrected chi connectivity index (χ2v) is 3.97. The van der Waals surface area contributed by atoms with E-state index >= 15 is 0 Å². The third kappa shape index (κ3) is 2.83. The first kappa shape index (κ1) is 12.7. The first-order chi connectivity index (χ1) is 10.2. The van der Waals surface area contributed by atoms with Gasteiger partial charge in [-0.25, -0.2) is 4.98 Å². The Hall–Kier alpha value is -3.30. The minimum absolute atomic E-state index is 0.0374. The average molecular weight is 287 g/mol. The van der Waals surface area contributed by atoms with E-state index < -0.39 is 5.91 Å². The molecular formula is C11H9N7O3. The van der Waals surface area contributed by atoms with E-state index in [1.54, 1.807) is 6.07 Å². The first-order valence-corrected chi connectivity index (χ1v) is 5.87. The van der Waals surface area contributed by atoms with Crippen molar-refractivity contribution >= 4 is 5.91 Å². The molecule has 0 fully saturated rings. The van der Waals surface area contributed by atoms with Crippen LogP contribution in [0.4, 0.5) is 0 Å². The van der Waals surface area contributed by atoms with Crippen molar-refractivity contribution < 1.29 is 9.32 Å². The van der Waals surface area contributed by atoms with Crippen molar-refractivity contribution in [3.8, 4) is 11.4 Å². The van der Waals surface area contributed by atoms with E-state index in [1.807, 2.05) is 0 Å². The lowest BCUT2D eigenvalue weighted by Gasteiger charge is -1.97. The monoisotopic (exact) mass is 287 g/mol. The largest absolute Gasteiger partial charge is 0.340 e. The van der Waals surface area contributed by atoms with Gasteiger partial charge in [0.2, 0.25) is 23.1 Å². The van der Waals surface area contributed by atoms with E-state index in [4.69, 9.17) is 4.52 Å². The average Bonchev–Trinajstić information content (AvgIpc) is 3.16.